The van der Waals surface area contributed by atoms with Crippen molar-refractivity contribution in [3.63, 3.8) is 0 Å². The molecule has 1 aliphatic carbocycles. The van der Waals surface area contributed by atoms with E-state index in [1.807, 2.05) is 0 Å². The van der Waals surface area contributed by atoms with E-state index in [9.17, 15) is 14.7 Å². The number of amides is 1. The van der Waals surface area contributed by atoms with Crippen molar-refractivity contribution in [2.24, 2.45) is 11.1 Å². The molecule has 1 aromatic heterocycles. The van der Waals surface area contributed by atoms with Crippen LogP contribution in [0.5, 0.6) is 0 Å². The van der Waals surface area contributed by atoms with Crippen molar-refractivity contribution in [2.45, 2.75) is 35.2 Å². The van der Waals surface area contributed by atoms with Crippen LogP contribution in [0.15, 0.2) is 106 Å². The molecule has 13 heteroatoms. The lowest BCUT2D eigenvalue weighted by atomic mass is 9.73. The predicted octanol–water partition coefficient (Wildman–Crippen LogP) is 6.81. The molecular weight excluding hydrogens is 693 g/mol. The summed E-state index contributed by atoms with van der Waals surface area (Å²) in [6.45, 7) is 1.60. The van der Waals surface area contributed by atoms with Crippen LogP contribution in [0.2, 0.25) is 10.0 Å². The van der Waals surface area contributed by atoms with Crippen molar-refractivity contribution in [3.05, 3.63) is 123 Å². The summed E-state index contributed by atoms with van der Waals surface area (Å²) in [6, 6.07) is 20.4. The largest absolute Gasteiger partial charge is 0.506 e. The first kappa shape index (κ1) is 33.7. The van der Waals surface area contributed by atoms with E-state index in [-0.39, 0.29) is 39.3 Å². The number of carbonyl (C=O) groups excluding carboxylic acids is 2. The van der Waals surface area contributed by atoms with E-state index < -0.39 is 11.7 Å². The van der Waals surface area contributed by atoms with Crippen molar-refractivity contribution < 1.29 is 14.7 Å². The number of fused-ring (bicyclic) bond motifs is 1. The van der Waals surface area contributed by atoms with Crippen LogP contribution < -0.4 is 21.7 Å². The Morgan fingerprint density at radius 1 is 1.10 bits per heavy atom. The molecule has 2 aliphatic heterocycles. The van der Waals surface area contributed by atoms with Crippen LogP contribution in [-0.4, -0.2) is 52.0 Å². The van der Waals surface area contributed by atoms with Gasteiger partial charge >= 0.3 is 0 Å². The van der Waals surface area contributed by atoms with E-state index in [4.69, 9.17) is 34.7 Å². The molecule has 1 atom stereocenters. The van der Waals surface area contributed by atoms with Gasteiger partial charge in [-0.25, -0.2) is 14.8 Å². The summed E-state index contributed by atoms with van der Waals surface area (Å²) in [5, 5.41) is 15.1. The molecule has 7 rings (SSSR count). The van der Waals surface area contributed by atoms with Gasteiger partial charge in [-0.2, -0.15) is 0 Å². The van der Waals surface area contributed by atoms with E-state index in [0.717, 1.165) is 32.4 Å². The number of anilines is 3. The van der Waals surface area contributed by atoms with Crippen LogP contribution in [0, 0.1) is 5.41 Å². The molecule has 0 unspecified atom stereocenters. The zero-order chi connectivity index (χ0) is 35.2. The number of likely N-dealkylation sites (N-methyl/N-ethyl adjacent to an activating group) is 1. The third-order valence-electron chi connectivity index (χ3n) is 9.71. The van der Waals surface area contributed by atoms with Gasteiger partial charge in [-0.1, -0.05) is 77.4 Å². The summed E-state index contributed by atoms with van der Waals surface area (Å²) in [4.78, 5) is 39.1. The highest BCUT2D eigenvalue weighted by atomic mass is 35.5. The van der Waals surface area contributed by atoms with Crippen LogP contribution in [0.3, 0.4) is 0 Å². The highest BCUT2D eigenvalue weighted by Gasteiger charge is 2.46. The smallest absolute Gasteiger partial charge is 0.262 e. The molecule has 3 heterocycles. The maximum atomic E-state index is 13.6. The number of aromatic nitrogens is 2. The van der Waals surface area contributed by atoms with Gasteiger partial charge in [0.1, 0.15) is 27.9 Å². The molecule has 4 aromatic rings. The van der Waals surface area contributed by atoms with Crippen LogP contribution >= 0.6 is 35.0 Å². The molecule has 3 aliphatic rings. The summed E-state index contributed by atoms with van der Waals surface area (Å²) >= 11 is 14.2. The van der Waals surface area contributed by atoms with Gasteiger partial charge in [0, 0.05) is 47.9 Å². The van der Waals surface area contributed by atoms with Gasteiger partial charge in [0.2, 0.25) is 0 Å². The Morgan fingerprint density at radius 3 is 2.58 bits per heavy atom. The first-order valence-electron chi connectivity index (χ1n) is 16.0. The number of piperidine rings is 1. The lowest BCUT2D eigenvalue weighted by Gasteiger charge is -2.42. The number of allylic oxidation sites excluding steroid dienone is 1. The number of nitrogens with zero attached hydrogens (tertiary/aromatic N) is 4. The Kier molecular flexibility index (Phi) is 9.11. The molecule has 1 spiro atoms. The van der Waals surface area contributed by atoms with E-state index in [1.54, 1.807) is 61.7 Å². The van der Waals surface area contributed by atoms with Crippen molar-refractivity contribution >= 4 is 69.7 Å². The third-order valence-corrected chi connectivity index (χ3v) is 11.5. The second-order valence-corrected chi connectivity index (χ2v) is 14.5. The number of carbonyl (C=O) groups is 1. The van der Waals surface area contributed by atoms with E-state index in [2.05, 4.69) is 44.5 Å². The molecule has 0 saturated carbocycles. The molecule has 0 radical (unpaired) electrons. The minimum atomic E-state index is -0.751. The van der Waals surface area contributed by atoms with Gasteiger partial charge < -0.3 is 31.7 Å². The van der Waals surface area contributed by atoms with Gasteiger partial charge in [-0.3, -0.25) is 4.79 Å². The minimum absolute atomic E-state index is 0.0271. The zero-order valence-corrected chi connectivity index (χ0v) is 29.3. The number of hydrogen-bond acceptors (Lipinski definition) is 10. The Morgan fingerprint density at radius 2 is 1.86 bits per heavy atom. The number of benzene rings is 3. The number of nitrogens with one attached hydrogen (secondary N) is 1. The lowest BCUT2D eigenvalue weighted by molar-refractivity contribution is -0.112. The summed E-state index contributed by atoms with van der Waals surface area (Å²) in [6.07, 6.45) is 6.13. The van der Waals surface area contributed by atoms with Gasteiger partial charge in [0.05, 0.1) is 16.9 Å². The highest BCUT2D eigenvalue weighted by Crippen LogP contribution is 2.51. The molecule has 6 N–H and O–H groups in total. The maximum Gasteiger partial charge on any atom is 0.262 e. The standard InChI is InChI=1S/C37H33Cl2N7O3S/c1-45-19-25(21-7-4-8-23(38)16-21)32(48)30(27(45)20-47)35(49)43-26-10-5-11-28(31(26)39)50-36-34(41)44-29(18-42-36)46-14-12-37(13-15-46)17-22-6-2-3-9-24(22)33(37)40/h2-11,16,18-19,33,48H,12-15,17,40H2,1H3,(H2,41,44)(H,43,49)/t33-/m1/s1. The molecule has 10 nitrogen and oxygen atoms in total. The SMILES string of the molecule is CN1C=C(c2cccc(Cl)c2)C(O)=C(C(=O)Nc2cccc(Sc3ncc(N4CCC5(CC4)Cc4ccccc4[C@H]5N)nc3N)c2Cl)C1=C=O. The quantitative estimate of drug-likeness (QED) is 0.156. The van der Waals surface area contributed by atoms with Crippen LogP contribution in [-0.2, 0) is 16.0 Å². The fourth-order valence-corrected chi connectivity index (χ4v) is 8.31. The molecular formula is C37H33Cl2N7O3S. The van der Waals surface area contributed by atoms with Gasteiger partial charge in [-0.05, 0) is 65.6 Å². The van der Waals surface area contributed by atoms with Crippen LogP contribution in [0.25, 0.3) is 5.57 Å². The lowest BCUT2D eigenvalue weighted by Crippen LogP contribution is -2.44. The number of nitrogens with two attached hydrogens (primary N) is 2. The Labute approximate surface area is 303 Å². The predicted molar refractivity (Wildman–Crippen MR) is 198 cm³/mol. The molecule has 1 saturated heterocycles. The molecule has 1 fully saturated rings. The Bertz CT molecular complexity index is 2140. The zero-order valence-electron chi connectivity index (χ0n) is 27.0. The average molecular weight is 727 g/mol. The minimum Gasteiger partial charge on any atom is -0.506 e. The monoisotopic (exact) mass is 725 g/mol. The maximum absolute atomic E-state index is 13.6. The highest BCUT2D eigenvalue weighted by molar-refractivity contribution is 7.99. The number of rotatable bonds is 6. The van der Waals surface area contributed by atoms with Gasteiger partial charge in [0.15, 0.2) is 11.8 Å². The average Bonchev–Trinajstić information content (AvgIpc) is 3.38. The molecule has 3 aromatic carbocycles. The number of hydrogen-bond donors (Lipinski definition) is 4. The Balaban J connectivity index is 1.06. The number of aliphatic hydroxyl groups is 1. The first-order valence-corrected chi connectivity index (χ1v) is 17.5. The fourth-order valence-electron chi connectivity index (χ4n) is 7.02. The van der Waals surface area contributed by atoms with Gasteiger partial charge in [-0.15, -0.1) is 0 Å². The molecule has 0 bridgehead atoms. The number of halogens is 2. The number of aliphatic hydroxyl groups excluding tert-OH is 1. The van der Waals surface area contributed by atoms with E-state index >= 15 is 0 Å². The fraction of sp³-hybridized carbons (Fsp3) is 0.216. The summed E-state index contributed by atoms with van der Waals surface area (Å²) in [5.41, 5.74) is 16.6. The van der Waals surface area contributed by atoms with Crippen molar-refractivity contribution in [3.8, 4) is 0 Å². The molecule has 50 heavy (non-hydrogen) atoms. The first-order chi connectivity index (χ1) is 24.1. The second-order valence-electron chi connectivity index (χ2n) is 12.6. The second kappa shape index (κ2) is 13.5. The van der Waals surface area contributed by atoms with Crippen LogP contribution in [0.1, 0.15) is 35.6 Å². The third kappa shape index (κ3) is 6.12. The van der Waals surface area contributed by atoms with Crippen molar-refractivity contribution in [2.75, 3.05) is 36.1 Å². The van der Waals surface area contributed by atoms with Crippen LogP contribution in [0.4, 0.5) is 17.3 Å². The summed E-state index contributed by atoms with van der Waals surface area (Å²) in [5.74, 6) is 1.57. The van der Waals surface area contributed by atoms with E-state index in [0.29, 0.717) is 31.9 Å². The molecule has 1 amide bonds. The number of nitrogen functional groups attached to an aromatic ring is 1. The Hall–Kier alpha value is -4.77. The van der Waals surface area contributed by atoms with Gasteiger partial charge in [0.25, 0.3) is 5.91 Å². The van der Waals surface area contributed by atoms with Crippen molar-refractivity contribution in [1.82, 2.24) is 14.9 Å². The topological polar surface area (TPSA) is 151 Å². The van der Waals surface area contributed by atoms with Crippen molar-refractivity contribution in [1.29, 1.82) is 0 Å². The molecule has 254 valence electrons. The normalized spacial score (nSPS) is 18.2. The summed E-state index contributed by atoms with van der Waals surface area (Å²) < 4.78 is 0. The summed E-state index contributed by atoms with van der Waals surface area (Å²) in [7, 11) is 1.58. The van der Waals surface area contributed by atoms with E-state index in [1.165, 1.54) is 34.0 Å².